The van der Waals surface area contributed by atoms with Crippen LogP contribution in [0.5, 0.6) is 0 Å². The molecule has 1 aliphatic rings. The first kappa shape index (κ1) is 24.7. The minimum Gasteiger partial charge on any atom is -0.295 e. The van der Waals surface area contributed by atoms with E-state index in [1.54, 1.807) is 43.4 Å². The number of nitrogens with zero attached hydrogens (tertiary/aromatic N) is 10. The molecule has 0 bridgehead atoms. The number of fused-ring (bicyclic) bond motifs is 13. The summed E-state index contributed by atoms with van der Waals surface area (Å²) >= 11 is 0. The van der Waals surface area contributed by atoms with Crippen molar-refractivity contribution in [2.24, 2.45) is 0 Å². The predicted molar refractivity (Wildman–Crippen MR) is 175 cm³/mol. The lowest BCUT2D eigenvalue weighted by molar-refractivity contribution is 0.956. The summed E-state index contributed by atoms with van der Waals surface area (Å²) in [7, 11) is 0. The molecule has 1 aliphatic carbocycles. The van der Waals surface area contributed by atoms with Crippen molar-refractivity contribution in [3.05, 3.63) is 122 Å². The minimum absolute atomic E-state index is 0.493. The summed E-state index contributed by atoms with van der Waals surface area (Å²) < 4.78 is 4.42. The van der Waals surface area contributed by atoms with Gasteiger partial charge in [0.1, 0.15) is 45.5 Å². The van der Waals surface area contributed by atoms with Gasteiger partial charge in [-0.25, -0.2) is 9.97 Å². The molecule has 10 heteroatoms. The van der Waals surface area contributed by atoms with Crippen molar-refractivity contribution in [3.8, 4) is 57.1 Å². The Morgan fingerprint density at radius 1 is 0.413 bits per heavy atom. The van der Waals surface area contributed by atoms with Crippen molar-refractivity contribution in [2.45, 2.75) is 0 Å². The molecular weight excluding hydrogens is 572 g/mol. The summed E-state index contributed by atoms with van der Waals surface area (Å²) in [5.41, 5.74) is 8.81. The highest BCUT2D eigenvalue weighted by molar-refractivity contribution is 6.22. The van der Waals surface area contributed by atoms with Gasteiger partial charge < -0.3 is 0 Å². The maximum atomic E-state index is 5.30. The zero-order valence-corrected chi connectivity index (χ0v) is 24.0. The molecular formula is C36H20N10. The Balaban J connectivity index is 1.35. The van der Waals surface area contributed by atoms with E-state index in [0.29, 0.717) is 51.4 Å². The Labute approximate surface area is 260 Å². The summed E-state index contributed by atoms with van der Waals surface area (Å²) in [4.78, 5) is 38.6. The van der Waals surface area contributed by atoms with Crippen LogP contribution in [-0.4, -0.2) is 49.0 Å². The Bertz CT molecular complexity index is 2650. The molecule has 3 aromatic carbocycles. The molecule has 0 saturated carbocycles. The molecule has 0 aliphatic heterocycles. The summed E-state index contributed by atoms with van der Waals surface area (Å²) in [6.07, 6.45) is 11.7. The van der Waals surface area contributed by atoms with E-state index in [2.05, 4.69) is 90.8 Å². The van der Waals surface area contributed by atoms with Crippen LogP contribution >= 0.6 is 0 Å². The average molecular weight is 593 g/mol. The van der Waals surface area contributed by atoms with Gasteiger partial charge in [0, 0.05) is 70.8 Å². The SMILES string of the molecule is c1ccc(-n2c3ccccc3c3c4ccccc4n(-c4ncc5c(n4)-c4nccnc4-c4nccnc4-c4nccnc4-5)c32)cc1. The summed E-state index contributed by atoms with van der Waals surface area (Å²) in [5.74, 6) is 0.493. The maximum Gasteiger partial charge on any atom is 0.236 e. The van der Waals surface area contributed by atoms with Crippen molar-refractivity contribution in [3.63, 3.8) is 0 Å². The van der Waals surface area contributed by atoms with Crippen LogP contribution in [0.1, 0.15) is 0 Å². The second-order valence-corrected chi connectivity index (χ2v) is 10.9. The first-order valence-corrected chi connectivity index (χ1v) is 14.8. The Kier molecular flexibility index (Phi) is 5.06. The molecule has 6 heterocycles. The van der Waals surface area contributed by atoms with Gasteiger partial charge in [-0.3, -0.25) is 39.0 Å². The molecule has 0 atom stereocenters. The lowest BCUT2D eigenvalue weighted by atomic mass is 9.98. The van der Waals surface area contributed by atoms with Gasteiger partial charge in [0.15, 0.2) is 0 Å². The highest BCUT2D eigenvalue weighted by atomic mass is 15.2. The van der Waals surface area contributed by atoms with Gasteiger partial charge in [0.25, 0.3) is 0 Å². The van der Waals surface area contributed by atoms with Crippen molar-refractivity contribution in [1.29, 1.82) is 0 Å². The number of benzene rings is 3. The lowest BCUT2D eigenvalue weighted by Crippen LogP contribution is -2.10. The van der Waals surface area contributed by atoms with Gasteiger partial charge in [-0.2, -0.15) is 0 Å². The summed E-state index contributed by atoms with van der Waals surface area (Å²) in [6.45, 7) is 0. The molecule has 0 unspecified atom stereocenters. The fourth-order valence-electron chi connectivity index (χ4n) is 6.65. The second-order valence-electron chi connectivity index (χ2n) is 10.9. The number of aromatic nitrogens is 10. The normalized spacial score (nSPS) is 11.9. The summed E-state index contributed by atoms with van der Waals surface area (Å²) in [6, 6.07) is 27.3. The van der Waals surface area contributed by atoms with Crippen molar-refractivity contribution < 1.29 is 0 Å². The highest BCUT2D eigenvalue weighted by Gasteiger charge is 2.30. The van der Waals surface area contributed by atoms with Crippen molar-refractivity contribution in [1.82, 2.24) is 49.0 Å². The maximum absolute atomic E-state index is 5.30. The standard InChI is InChI=1S/C36H20N10/c1-2-8-21(9-3-1)45-25-12-6-4-10-22(25)27-23-11-5-7-13-26(23)46(35(27)45)36-43-20-24-28-30(38-15-14-37-28)32-34(42-19-18-40-32)33-31(29(24)44-36)39-16-17-41-33/h1-20H. The van der Waals surface area contributed by atoms with Crippen molar-refractivity contribution in [2.75, 3.05) is 0 Å². The van der Waals surface area contributed by atoms with Crippen LogP contribution in [0.25, 0.3) is 89.9 Å². The van der Waals surface area contributed by atoms with Crippen LogP contribution in [0.2, 0.25) is 0 Å². The van der Waals surface area contributed by atoms with Crippen molar-refractivity contribution >= 4 is 32.8 Å². The highest BCUT2D eigenvalue weighted by Crippen LogP contribution is 2.44. The van der Waals surface area contributed by atoms with E-state index in [0.717, 1.165) is 38.5 Å². The van der Waals surface area contributed by atoms with Crippen LogP contribution in [0.3, 0.4) is 0 Å². The number of hydrogen-bond donors (Lipinski definition) is 0. The molecule has 0 fully saturated rings. The van der Waals surface area contributed by atoms with E-state index < -0.39 is 0 Å². The third-order valence-electron chi connectivity index (χ3n) is 8.49. The largest absolute Gasteiger partial charge is 0.295 e. The molecule has 0 amide bonds. The number of rotatable bonds is 2. The van der Waals surface area contributed by atoms with Crippen LogP contribution in [-0.2, 0) is 0 Å². The topological polar surface area (TPSA) is 113 Å². The molecule has 46 heavy (non-hydrogen) atoms. The molecule has 0 spiro atoms. The van der Waals surface area contributed by atoms with Gasteiger partial charge in [-0.15, -0.1) is 0 Å². The second kappa shape index (κ2) is 9.41. The van der Waals surface area contributed by atoms with E-state index in [1.165, 1.54) is 0 Å². The fourth-order valence-corrected chi connectivity index (χ4v) is 6.65. The third kappa shape index (κ3) is 3.34. The monoisotopic (exact) mass is 592 g/mol. The van der Waals surface area contributed by atoms with Gasteiger partial charge in [0.2, 0.25) is 5.95 Å². The number of para-hydroxylation sites is 3. The molecule has 6 aromatic heterocycles. The Morgan fingerprint density at radius 3 is 1.50 bits per heavy atom. The zero-order valence-electron chi connectivity index (χ0n) is 24.0. The van der Waals surface area contributed by atoms with Crippen LogP contribution in [0, 0.1) is 0 Å². The van der Waals surface area contributed by atoms with E-state index in [9.17, 15) is 0 Å². The molecule has 10 rings (SSSR count). The van der Waals surface area contributed by atoms with Crippen LogP contribution in [0.15, 0.2) is 122 Å². The molecule has 0 radical (unpaired) electrons. The van der Waals surface area contributed by atoms with Gasteiger partial charge in [-0.05, 0) is 24.3 Å². The smallest absolute Gasteiger partial charge is 0.236 e. The molecule has 214 valence electrons. The first-order chi connectivity index (χ1) is 22.9. The third-order valence-corrected chi connectivity index (χ3v) is 8.49. The quantitative estimate of drug-likeness (QED) is 0.214. The van der Waals surface area contributed by atoms with Gasteiger partial charge in [-0.1, -0.05) is 54.6 Å². The van der Waals surface area contributed by atoms with E-state index in [4.69, 9.17) is 24.9 Å². The van der Waals surface area contributed by atoms with Crippen LogP contribution < -0.4 is 0 Å². The molecule has 10 nitrogen and oxygen atoms in total. The summed E-state index contributed by atoms with van der Waals surface area (Å²) in [5, 5.41) is 3.39. The van der Waals surface area contributed by atoms with Gasteiger partial charge >= 0.3 is 0 Å². The Morgan fingerprint density at radius 2 is 0.891 bits per heavy atom. The Hall–Kier alpha value is -6.68. The first-order valence-electron chi connectivity index (χ1n) is 14.8. The van der Waals surface area contributed by atoms with Crippen LogP contribution in [0.4, 0.5) is 0 Å². The number of hydrogen-bond acceptors (Lipinski definition) is 8. The molecule has 0 saturated heterocycles. The molecule has 9 aromatic rings. The fraction of sp³-hybridized carbons (Fsp3) is 0. The van der Waals surface area contributed by atoms with E-state index >= 15 is 0 Å². The average Bonchev–Trinajstić information content (AvgIpc) is 3.64. The minimum atomic E-state index is 0.493. The predicted octanol–water partition coefficient (Wildman–Crippen LogP) is 6.87. The lowest BCUT2D eigenvalue weighted by Gasteiger charge is -2.18. The van der Waals surface area contributed by atoms with Gasteiger partial charge in [0.05, 0.1) is 11.0 Å². The van der Waals surface area contributed by atoms with E-state index in [1.807, 2.05) is 12.1 Å². The zero-order chi connectivity index (χ0) is 30.2. The van der Waals surface area contributed by atoms with E-state index in [-0.39, 0.29) is 0 Å². The molecule has 0 N–H and O–H groups in total.